The van der Waals surface area contributed by atoms with Gasteiger partial charge in [0, 0.05) is 23.5 Å². The van der Waals surface area contributed by atoms with Gasteiger partial charge in [0.15, 0.2) is 0 Å². The van der Waals surface area contributed by atoms with Gasteiger partial charge in [-0.05, 0) is 56.4 Å². The molecule has 1 aromatic rings. The van der Waals surface area contributed by atoms with Gasteiger partial charge >= 0.3 is 0 Å². The van der Waals surface area contributed by atoms with Gasteiger partial charge in [0.2, 0.25) is 0 Å². The maximum atomic E-state index is 13.4. The molecule has 0 aromatic heterocycles. The topological polar surface area (TPSA) is 20.3 Å². The summed E-state index contributed by atoms with van der Waals surface area (Å²) in [5, 5.41) is 0.892. The highest BCUT2D eigenvalue weighted by atomic mass is 79.9. The fourth-order valence-electron chi connectivity index (χ4n) is 2.72. The van der Waals surface area contributed by atoms with Crippen molar-refractivity contribution < 1.29 is 9.18 Å². The van der Waals surface area contributed by atoms with Crippen LogP contribution in [0.3, 0.4) is 0 Å². The van der Waals surface area contributed by atoms with Crippen LogP contribution < -0.4 is 0 Å². The van der Waals surface area contributed by atoms with E-state index in [9.17, 15) is 9.18 Å². The van der Waals surface area contributed by atoms with Crippen LogP contribution in [0.2, 0.25) is 0 Å². The number of aryl methyl sites for hydroxylation is 1. The molecule has 1 fully saturated rings. The van der Waals surface area contributed by atoms with Crippen LogP contribution in [-0.4, -0.2) is 28.7 Å². The lowest BCUT2D eigenvalue weighted by Crippen LogP contribution is -2.44. The fourth-order valence-corrected chi connectivity index (χ4v) is 3.25. The van der Waals surface area contributed by atoms with Crippen LogP contribution in [0.15, 0.2) is 18.2 Å². The van der Waals surface area contributed by atoms with Crippen LogP contribution in [0.4, 0.5) is 4.39 Å². The Balaban J connectivity index is 2.20. The van der Waals surface area contributed by atoms with Crippen LogP contribution in [0.25, 0.3) is 0 Å². The molecule has 1 atom stereocenters. The average Bonchev–Trinajstić information content (AvgIpc) is 2.38. The predicted molar refractivity (Wildman–Crippen MR) is 78.2 cm³/mol. The second-order valence-corrected chi connectivity index (χ2v) is 5.94. The van der Waals surface area contributed by atoms with E-state index in [1.54, 1.807) is 6.07 Å². The second kappa shape index (κ2) is 6.51. The van der Waals surface area contributed by atoms with Crippen LogP contribution in [0, 0.1) is 12.7 Å². The van der Waals surface area contributed by atoms with Crippen molar-refractivity contribution in [2.24, 2.45) is 0 Å². The molecule has 19 heavy (non-hydrogen) atoms. The molecule has 0 N–H and O–H groups in total. The summed E-state index contributed by atoms with van der Waals surface area (Å²) in [6, 6.07) is 4.84. The van der Waals surface area contributed by atoms with E-state index >= 15 is 0 Å². The third kappa shape index (κ3) is 3.56. The number of nitrogens with zero attached hydrogens (tertiary/aromatic N) is 1. The normalized spacial score (nSPS) is 19.5. The zero-order valence-corrected chi connectivity index (χ0v) is 12.7. The molecule has 0 aliphatic carbocycles. The predicted octanol–water partition coefficient (Wildman–Crippen LogP) is 3.91. The summed E-state index contributed by atoms with van der Waals surface area (Å²) in [5.74, 6) is -0.370. The molecule has 2 rings (SSSR count). The summed E-state index contributed by atoms with van der Waals surface area (Å²) in [5.41, 5.74) is 1.26. The van der Waals surface area contributed by atoms with Gasteiger partial charge in [0.1, 0.15) is 5.82 Å². The summed E-state index contributed by atoms with van der Waals surface area (Å²) in [4.78, 5) is 14.4. The molecule has 1 aromatic carbocycles. The molecule has 0 spiro atoms. The number of piperidine rings is 1. The lowest BCUT2D eigenvalue weighted by molar-refractivity contribution is 0.0609. The van der Waals surface area contributed by atoms with Crippen molar-refractivity contribution in [2.75, 3.05) is 11.9 Å². The van der Waals surface area contributed by atoms with Crippen molar-refractivity contribution >= 4 is 21.8 Å². The molecule has 2 nitrogen and oxygen atoms in total. The van der Waals surface area contributed by atoms with E-state index in [1.807, 2.05) is 11.8 Å². The van der Waals surface area contributed by atoms with Crippen LogP contribution >= 0.6 is 15.9 Å². The fraction of sp³-hybridized carbons (Fsp3) is 0.533. The number of hydrogen-bond acceptors (Lipinski definition) is 1. The minimum Gasteiger partial charge on any atom is -0.336 e. The minimum absolute atomic E-state index is 0.0340. The Morgan fingerprint density at radius 3 is 2.89 bits per heavy atom. The second-order valence-electron chi connectivity index (χ2n) is 5.14. The van der Waals surface area contributed by atoms with E-state index in [0.717, 1.165) is 36.7 Å². The number of amides is 1. The van der Waals surface area contributed by atoms with Crippen LogP contribution in [-0.2, 0) is 0 Å². The molecule has 0 saturated carbocycles. The number of likely N-dealkylation sites (tertiary alicyclic amines) is 1. The van der Waals surface area contributed by atoms with Gasteiger partial charge in [0.05, 0.1) is 0 Å². The number of halogens is 2. The zero-order valence-electron chi connectivity index (χ0n) is 11.2. The van der Waals surface area contributed by atoms with Gasteiger partial charge in [-0.3, -0.25) is 4.79 Å². The van der Waals surface area contributed by atoms with Crippen molar-refractivity contribution in [3.05, 3.63) is 35.1 Å². The van der Waals surface area contributed by atoms with Crippen molar-refractivity contribution in [3.8, 4) is 0 Å². The van der Waals surface area contributed by atoms with Gasteiger partial charge in [0.25, 0.3) is 5.91 Å². The molecule has 104 valence electrons. The molecular weight excluding hydrogens is 309 g/mol. The SMILES string of the molecule is Cc1cc(F)cc(C(=O)N2CCCCC2CCBr)c1. The lowest BCUT2D eigenvalue weighted by atomic mass is 9.98. The van der Waals surface area contributed by atoms with Crippen LogP contribution in [0.5, 0.6) is 0 Å². The summed E-state index contributed by atoms with van der Waals surface area (Å²) >= 11 is 3.44. The molecule has 1 heterocycles. The van der Waals surface area contributed by atoms with Gasteiger partial charge in [-0.25, -0.2) is 4.39 Å². The first-order valence-electron chi connectivity index (χ1n) is 6.76. The van der Waals surface area contributed by atoms with E-state index in [4.69, 9.17) is 0 Å². The molecular formula is C15H19BrFNO. The highest BCUT2D eigenvalue weighted by Crippen LogP contribution is 2.23. The van der Waals surface area contributed by atoms with E-state index in [0.29, 0.717) is 5.56 Å². The Labute approximate surface area is 122 Å². The number of benzene rings is 1. The third-order valence-electron chi connectivity index (χ3n) is 3.62. The Bertz CT molecular complexity index is 441. The van der Waals surface area contributed by atoms with Gasteiger partial charge < -0.3 is 4.90 Å². The first-order chi connectivity index (χ1) is 9.11. The molecule has 0 radical (unpaired) electrons. The molecule has 0 bridgehead atoms. The Morgan fingerprint density at radius 1 is 1.42 bits per heavy atom. The Hall–Kier alpha value is -0.900. The van der Waals surface area contributed by atoms with Gasteiger partial charge in [-0.1, -0.05) is 15.9 Å². The molecule has 1 saturated heterocycles. The first-order valence-corrected chi connectivity index (χ1v) is 7.88. The Kier molecular flexibility index (Phi) is 4.97. The third-order valence-corrected chi connectivity index (χ3v) is 4.08. The number of hydrogen-bond donors (Lipinski definition) is 0. The molecule has 4 heteroatoms. The quantitative estimate of drug-likeness (QED) is 0.771. The lowest BCUT2D eigenvalue weighted by Gasteiger charge is -2.35. The van der Waals surface area contributed by atoms with E-state index in [-0.39, 0.29) is 17.8 Å². The van der Waals surface area contributed by atoms with Crippen molar-refractivity contribution in [1.82, 2.24) is 4.90 Å². The zero-order chi connectivity index (χ0) is 13.8. The standard InChI is InChI=1S/C15H19BrFNO/c1-11-8-12(10-13(17)9-11)15(19)18-7-3-2-4-14(18)5-6-16/h8-10,14H,2-7H2,1H3. The molecule has 1 unspecified atom stereocenters. The minimum atomic E-state index is -0.336. The van der Waals surface area contributed by atoms with Gasteiger partial charge in [-0.15, -0.1) is 0 Å². The maximum Gasteiger partial charge on any atom is 0.254 e. The smallest absolute Gasteiger partial charge is 0.254 e. The van der Waals surface area contributed by atoms with Crippen molar-refractivity contribution in [3.63, 3.8) is 0 Å². The number of alkyl halides is 1. The number of carbonyl (C=O) groups is 1. The highest BCUT2D eigenvalue weighted by Gasteiger charge is 2.27. The monoisotopic (exact) mass is 327 g/mol. The van der Waals surface area contributed by atoms with E-state index < -0.39 is 0 Å². The first kappa shape index (κ1) is 14.5. The van der Waals surface area contributed by atoms with Gasteiger partial charge in [-0.2, -0.15) is 0 Å². The average molecular weight is 328 g/mol. The van der Waals surface area contributed by atoms with E-state index in [2.05, 4.69) is 15.9 Å². The van der Waals surface area contributed by atoms with Crippen molar-refractivity contribution in [1.29, 1.82) is 0 Å². The summed E-state index contributed by atoms with van der Waals surface area (Å²) in [7, 11) is 0. The summed E-state index contributed by atoms with van der Waals surface area (Å²) < 4.78 is 13.4. The Morgan fingerprint density at radius 2 is 2.21 bits per heavy atom. The van der Waals surface area contributed by atoms with Crippen molar-refractivity contribution in [2.45, 2.75) is 38.6 Å². The van der Waals surface area contributed by atoms with Crippen LogP contribution in [0.1, 0.15) is 41.6 Å². The molecule has 1 aliphatic heterocycles. The highest BCUT2D eigenvalue weighted by molar-refractivity contribution is 9.09. The largest absolute Gasteiger partial charge is 0.336 e. The van der Waals surface area contributed by atoms with E-state index in [1.165, 1.54) is 18.6 Å². The number of carbonyl (C=O) groups excluding carboxylic acids is 1. The summed E-state index contributed by atoms with van der Waals surface area (Å²) in [6.07, 6.45) is 4.22. The molecule has 1 aliphatic rings. The summed E-state index contributed by atoms with van der Waals surface area (Å²) in [6.45, 7) is 2.60. The maximum absolute atomic E-state index is 13.4. The number of rotatable bonds is 3. The molecule has 1 amide bonds.